The Morgan fingerprint density at radius 1 is 1.18 bits per heavy atom. The Kier molecular flexibility index (Phi) is 6.90. The largest absolute Gasteiger partial charge is 0.481 e. The van der Waals surface area contributed by atoms with Gasteiger partial charge in [-0.2, -0.15) is 0 Å². The molecule has 2 atom stereocenters. The number of benzene rings is 2. The van der Waals surface area contributed by atoms with E-state index in [2.05, 4.69) is 10.6 Å². The minimum absolute atomic E-state index is 0.102. The smallest absolute Gasteiger partial charge is 0.265 e. The van der Waals surface area contributed by atoms with Gasteiger partial charge >= 0.3 is 0 Å². The number of rotatable bonds is 7. The summed E-state index contributed by atoms with van der Waals surface area (Å²) in [6, 6.07) is 13.5. The zero-order valence-corrected chi connectivity index (χ0v) is 16.4. The van der Waals surface area contributed by atoms with E-state index in [9.17, 15) is 9.59 Å². The molecule has 6 nitrogen and oxygen atoms in total. The molecular weight excluding hydrogens is 380 g/mol. The van der Waals surface area contributed by atoms with Gasteiger partial charge in [-0.25, -0.2) is 0 Å². The first-order chi connectivity index (χ1) is 13.5. The van der Waals surface area contributed by atoms with Crippen LogP contribution in [0.3, 0.4) is 0 Å². The minimum Gasteiger partial charge on any atom is -0.481 e. The van der Waals surface area contributed by atoms with Crippen molar-refractivity contribution in [3.8, 4) is 5.75 Å². The van der Waals surface area contributed by atoms with Crippen LogP contribution in [0.25, 0.3) is 0 Å². The van der Waals surface area contributed by atoms with Gasteiger partial charge in [0, 0.05) is 29.4 Å². The Balaban J connectivity index is 1.49. The Morgan fingerprint density at radius 3 is 2.54 bits per heavy atom. The van der Waals surface area contributed by atoms with Gasteiger partial charge in [0.2, 0.25) is 0 Å². The van der Waals surface area contributed by atoms with Crippen LogP contribution >= 0.6 is 11.6 Å². The molecule has 0 aromatic heterocycles. The number of halogens is 1. The Morgan fingerprint density at radius 2 is 1.89 bits per heavy atom. The van der Waals surface area contributed by atoms with Crippen LogP contribution in [0.2, 0.25) is 5.02 Å². The van der Waals surface area contributed by atoms with E-state index >= 15 is 0 Å². The molecule has 0 saturated carbocycles. The zero-order valence-electron chi connectivity index (χ0n) is 15.6. The van der Waals surface area contributed by atoms with Crippen LogP contribution in [0.5, 0.6) is 5.75 Å². The van der Waals surface area contributed by atoms with Crippen LogP contribution in [-0.2, 0) is 9.53 Å². The third-order valence-corrected chi connectivity index (χ3v) is 4.68. The van der Waals surface area contributed by atoms with Crippen molar-refractivity contribution in [3.63, 3.8) is 0 Å². The highest BCUT2D eigenvalue weighted by Gasteiger charge is 2.17. The first-order valence-corrected chi connectivity index (χ1v) is 9.62. The molecule has 0 radical (unpaired) electrons. The highest BCUT2D eigenvalue weighted by Crippen LogP contribution is 2.18. The third kappa shape index (κ3) is 5.71. The fourth-order valence-electron chi connectivity index (χ4n) is 2.83. The summed E-state index contributed by atoms with van der Waals surface area (Å²) in [5.41, 5.74) is 1.12. The molecule has 1 fully saturated rings. The summed E-state index contributed by atoms with van der Waals surface area (Å²) in [4.78, 5) is 24.5. The summed E-state index contributed by atoms with van der Waals surface area (Å²) in [6.07, 6.45) is 1.43. The topological polar surface area (TPSA) is 76.7 Å². The summed E-state index contributed by atoms with van der Waals surface area (Å²) in [5.74, 6) is 0.115. The molecule has 2 unspecified atom stereocenters. The second kappa shape index (κ2) is 9.57. The van der Waals surface area contributed by atoms with E-state index in [1.54, 1.807) is 55.5 Å². The van der Waals surface area contributed by atoms with Crippen molar-refractivity contribution in [2.24, 2.45) is 0 Å². The number of anilines is 1. The second-order valence-electron chi connectivity index (χ2n) is 6.63. The lowest BCUT2D eigenvalue weighted by Gasteiger charge is -2.15. The van der Waals surface area contributed by atoms with Gasteiger partial charge in [-0.05, 0) is 68.3 Å². The van der Waals surface area contributed by atoms with Gasteiger partial charge in [0.25, 0.3) is 11.8 Å². The highest BCUT2D eigenvalue weighted by molar-refractivity contribution is 6.30. The average molecular weight is 403 g/mol. The SMILES string of the molecule is CC(Oc1ccc(Cl)cc1)C(=O)Nc1ccc(C(=O)NCC2CCCO2)cc1. The summed E-state index contributed by atoms with van der Waals surface area (Å²) < 4.78 is 11.1. The van der Waals surface area contributed by atoms with Crippen LogP contribution in [-0.4, -0.2) is 37.2 Å². The van der Waals surface area contributed by atoms with Crippen molar-refractivity contribution < 1.29 is 19.1 Å². The number of hydrogen-bond acceptors (Lipinski definition) is 4. The van der Waals surface area contributed by atoms with Gasteiger partial charge in [0.1, 0.15) is 5.75 Å². The predicted octanol–water partition coefficient (Wildman–Crippen LogP) is 3.65. The maximum absolute atomic E-state index is 12.3. The minimum atomic E-state index is -0.685. The second-order valence-corrected chi connectivity index (χ2v) is 7.06. The Hall–Kier alpha value is -2.57. The molecule has 2 amide bonds. The lowest BCUT2D eigenvalue weighted by atomic mass is 10.1. The summed E-state index contributed by atoms with van der Waals surface area (Å²) >= 11 is 5.84. The van der Waals surface area contributed by atoms with Crippen molar-refractivity contribution >= 4 is 29.1 Å². The van der Waals surface area contributed by atoms with E-state index in [4.69, 9.17) is 21.1 Å². The zero-order chi connectivity index (χ0) is 19.9. The predicted molar refractivity (Wildman–Crippen MR) is 108 cm³/mol. The van der Waals surface area contributed by atoms with E-state index in [0.717, 1.165) is 19.4 Å². The van der Waals surface area contributed by atoms with Crippen LogP contribution in [0.4, 0.5) is 5.69 Å². The van der Waals surface area contributed by atoms with Gasteiger partial charge in [0.15, 0.2) is 6.10 Å². The molecule has 1 aliphatic heterocycles. The molecule has 0 aliphatic carbocycles. The molecule has 2 N–H and O–H groups in total. The molecule has 1 saturated heterocycles. The van der Waals surface area contributed by atoms with Crippen molar-refractivity contribution in [1.82, 2.24) is 5.32 Å². The molecule has 0 spiro atoms. The molecule has 7 heteroatoms. The molecule has 1 aliphatic rings. The van der Waals surface area contributed by atoms with E-state index in [-0.39, 0.29) is 17.9 Å². The lowest BCUT2D eigenvalue weighted by molar-refractivity contribution is -0.122. The van der Waals surface area contributed by atoms with Crippen molar-refractivity contribution in [2.45, 2.75) is 32.0 Å². The van der Waals surface area contributed by atoms with Crippen LogP contribution in [0.1, 0.15) is 30.1 Å². The van der Waals surface area contributed by atoms with Gasteiger partial charge in [-0.1, -0.05) is 11.6 Å². The van der Waals surface area contributed by atoms with E-state index in [0.29, 0.717) is 28.6 Å². The number of amides is 2. The summed E-state index contributed by atoms with van der Waals surface area (Å²) in [5, 5.41) is 6.25. The van der Waals surface area contributed by atoms with E-state index in [1.165, 1.54) is 0 Å². The van der Waals surface area contributed by atoms with Crippen molar-refractivity contribution in [2.75, 3.05) is 18.5 Å². The van der Waals surface area contributed by atoms with Crippen molar-refractivity contribution in [3.05, 3.63) is 59.1 Å². The van der Waals surface area contributed by atoms with Gasteiger partial charge in [0.05, 0.1) is 6.10 Å². The number of hydrogen-bond donors (Lipinski definition) is 2. The van der Waals surface area contributed by atoms with Gasteiger partial charge < -0.3 is 20.1 Å². The number of carbonyl (C=O) groups excluding carboxylic acids is 2. The Bertz CT molecular complexity index is 802. The van der Waals surface area contributed by atoms with Gasteiger partial charge in [-0.3, -0.25) is 9.59 Å². The molecule has 28 heavy (non-hydrogen) atoms. The normalized spacial score (nSPS) is 17.0. The molecule has 0 bridgehead atoms. The van der Waals surface area contributed by atoms with E-state index < -0.39 is 6.10 Å². The molecule has 3 rings (SSSR count). The molecule has 2 aromatic carbocycles. The molecule has 148 valence electrons. The van der Waals surface area contributed by atoms with Crippen LogP contribution < -0.4 is 15.4 Å². The standard InChI is InChI=1S/C21H23ClN2O4/c1-14(28-18-10-6-16(22)7-11-18)20(25)24-17-8-4-15(5-9-17)21(26)23-13-19-3-2-12-27-19/h4-11,14,19H,2-3,12-13H2,1H3,(H,23,26)(H,24,25). The quantitative estimate of drug-likeness (QED) is 0.741. The molecular formula is C21H23ClN2O4. The first-order valence-electron chi connectivity index (χ1n) is 9.24. The first kappa shape index (κ1) is 20.2. The summed E-state index contributed by atoms with van der Waals surface area (Å²) in [7, 11) is 0. The lowest BCUT2D eigenvalue weighted by Crippen LogP contribution is -2.32. The van der Waals surface area contributed by atoms with E-state index in [1.807, 2.05) is 0 Å². The maximum Gasteiger partial charge on any atom is 0.265 e. The third-order valence-electron chi connectivity index (χ3n) is 4.42. The van der Waals surface area contributed by atoms with Crippen LogP contribution in [0, 0.1) is 0 Å². The van der Waals surface area contributed by atoms with Gasteiger partial charge in [-0.15, -0.1) is 0 Å². The molecule has 1 heterocycles. The number of ether oxygens (including phenoxy) is 2. The Labute approximate surface area is 169 Å². The fraction of sp³-hybridized carbons (Fsp3) is 0.333. The number of carbonyl (C=O) groups is 2. The highest BCUT2D eigenvalue weighted by atomic mass is 35.5. The molecule has 2 aromatic rings. The summed E-state index contributed by atoms with van der Waals surface area (Å²) in [6.45, 7) is 2.93. The average Bonchev–Trinajstić information content (AvgIpc) is 3.22. The fourth-order valence-corrected chi connectivity index (χ4v) is 2.96. The van der Waals surface area contributed by atoms with Crippen molar-refractivity contribution in [1.29, 1.82) is 0 Å². The maximum atomic E-state index is 12.3. The monoisotopic (exact) mass is 402 g/mol. The van der Waals surface area contributed by atoms with Crippen LogP contribution in [0.15, 0.2) is 48.5 Å². The number of nitrogens with one attached hydrogen (secondary N) is 2.